The molecule has 0 aliphatic heterocycles. The average molecular weight is 390 g/mol. The molecule has 0 heterocycles. The van der Waals surface area contributed by atoms with Gasteiger partial charge >= 0.3 is 35.8 Å². The molecule has 12 heteroatoms. The molecule has 0 aromatic rings. The van der Waals surface area contributed by atoms with Gasteiger partial charge in [-0.15, -0.1) is 0 Å². The molecule has 0 aliphatic carbocycles. The monoisotopic (exact) mass is 390 g/mol. The molecule has 0 atom stereocenters. The first-order valence-electron chi connectivity index (χ1n) is 6.19. The van der Waals surface area contributed by atoms with Gasteiger partial charge in [-0.1, -0.05) is 13.2 Å². The van der Waals surface area contributed by atoms with Gasteiger partial charge in [0.05, 0.1) is 0 Å². The third kappa shape index (κ3) is 61.4. The molecule has 0 saturated heterocycles. The second-order valence-electron chi connectivity index (χ2n) is 3.65. The lowest BCUT2D eigenvalue weighted by molar-refractivity contribution is -0.134. The quantitative estimate of drug-likeness (QED) is 0.337. The van der Waals surface area contributed by atoms with Crippen molar-refractivity contribution in [1.82, 2.24) is 0 Å². The highest BCUT2D eigenvalue weighted by Crippen LogP contribution is 1.81. The summed E-state index contributed by atoms with van der Waals surface area (Å²) in [6, 6.07) is 0. The number of aliphatic carboxylic acids is 6. The van der Waals surface area contributed by atoms with Crippen LogP contribution in [0.3, 0.4) is 0 Å². The largest absolute Gasteiger partial charge is 0.478 e. The molecule has 0 amide bonds. The Bertz CT molecular complexity index is 547. The van der Waals surface area contributed by atoms with E-state index in [1.54, 1.807) is 0 Å². The summed E-state index contributed by atoms with van der Waals surface area (Å²) in [5.41, 5.74) is 0.176. The molecule has 0 spiro atoms. The van der Waals surface area contributed by atoms with Crippen LogP contribution in [-0.4, -0.2) is 66.5 Å². The Balaban J connectivity index is -0.000000133. The maximum Gasteiger partial charge on any atom is 0.330 e. The Labute approximate surface area is 152 Å². The van der Waals surface area contributed by atoms with Gasteiger partial charge in [0.2, 0.25) is 0 Å². The average Bonchev–Trinajstić information content (AvgIpc) is 2.52. The van der Waals surface area contributed by atoms with Gasteiger partial charge in [0.1, 0.15) is 0 Å². The summed E-state index contributed by atoms with van der Waals surface area (Å²) >= 11 is 0. The summed E-state index contributed by atoms with van der Waals surface area (Å²) in [5, 5.41) is 46.7. The van der Waals surface area contributed by atoms with Crippen LogP contribution in [-0.2, 0) is 28.8 Å². The standard InChI is InChI=1S/2C4H4O4.C4H6O2.C3H4O2/c2*5-3(6)1-2-4(7)8;1-3(2)4(5)6;1-2-3(4)5/h2*1-2H,(H,5,6)(H,7,8);1H2,2H3,(H,5,6);2H,1H2,(H,4,5)/b2-1+;2-1-;;. The highest BCUT2D eigenvalue weighted by atomic mass is 16.4. The predicted molar refractivity (Wildman–Crippen MR) is 89.1 cm³/mol. The summed E-state index contributed by atoms with van der Waals surface area (Å²) in [5.74, 6) is -6.94. The molecule has 0 saturated carbocycles. The topological polar surface area (TPSA) is 224 Å². The van der Waals surface area contributed by atoms with E-state index >= 15 is 0 Å². The third-order valence-corrected chi connectivity index (χ3v) is 1.28. The summed E-state index contributed by atoms with van der Waals surface area (Å²) in [6.45, 7) is 7.56. The van der Waals surface area contributed by atoms with Crippen molar-refractivity contribution >= 4 is 35.8 Å². The fourth-order valence-electron chi connectivity index (χ4n) is 0.285. The van der Waals surface area contributed by atoms with Gasteiger partial charge in [-0.2, -0.15) is 0 Å². The molecule has 0 unspecified atom stereocenters. The number of rotatable bonds is 6. The van der Waals surface area contributed by atoms with Crippen LogP contribution in [0.2, 0.25) is 0 Å². The summed E-state index contributed by atoms with van der Waals surface area (Å²) in [6.07, 6.45) is 3.06. The zero-order valence-corrected chi connectivity index (χ0v) is 13.9. The van der Waals surface area contributed by atoms with Crippen LogP contribution in [0.15, 0.2) is 49.1 Å². The second-order valence-corrected chi connectivity index (χ2v) is 3.65. The van der Waals surface area contributed by atoms with Crippen LogP contribution in [0.25, 0.3) is 0 Å². The fraction of sp³-hybridized carbons (Fsp3) is 0.0667. The lowest BCUT2D eigenvalue weighted by Gasteiger charge is -1.79. The van der Waals surface area contributed by atoms with Gasteiger partial charge in [0.15, 0.2) is 0 Å². The van der Waals surface area contributed by atoms with Crippen molar-refractivity contribution in [2.24, 2.45) is 0 Å². The molecule has 6 N–H and O–H groups in total. The van der Waals surface area contributed by atoms with Crippen LogP contribution in [0.5, 0.6) is 0 Å². The SMILES string of the molecule is C=C(C)C(=O)O.C=CC(=O)O.O=C(O)/C=C/C(=O)O.O=C(O)/C=C\C(=O)O. The lowest BCUT2D eigenvalue weighted by atomic mass is 10.4. The Morgan fingerprint density at radius 1 is 0.593 bits per heavy atom. The molecule has 0 aromatic carbocycles. The van der Waals surface area contributed by atoms with E-state index in [9.17, 15) is 28.8 Å². The highest BCUT2D eigenvalue weighted by molar-refractivity contribution is 5.90. The lowest BCUT2D eigenvalue weighted by Crippen LogP contribution is -1.92. The number of hydrogen-bond donors (Lipinski definition) is 6. The van der Waals surface area contributed by atoms with E-state index < -0.39 is 35.8 Å². The first kappa shape index (κ1) is 30.6. The van der Waals surface area contributed by atoms with E-state index in [1.807, 2.05) is 0 Å². The Morgan fingerprint density at radius 3 is 0.778 bits per heavy atom. The van der Waals surface area contributed by atoms with E-state index in [1.165, 1.54) is 6.92 Å². The molecule has 27 heavy (non-hydrogen) atoms. The van der Waals surface area contributed by atoms with E-state index in [2.05, 4.69) is 13.2 Å². The van der Waals surface area contributed by atoms with Gasteiger partial charge in [-0.3, -0.25) is 0 Å². The smallest absolute Gasteiger partial charge is 0.330 e. The minimum atomic E-state index is -1.26. The van der Waals surface area contributed by atoms with E-state index in [0.29, 0.717) is 24.3 Å². The first-order chi connectivity index (χ1) is 12.2. The fourth-order valence-corrected chi connectivity index (χ4v) is 0.285. The molecule has 0 rings (SSSR count). The summed E-state index contributed by atoms with van der Waals surface area (Å²) in [7, 11) is 0. The number of carbonyl (C=O) groups is 6. The second kappa shape index (κ2) is 19.8. The molecule has 0 aromatic heterocycles. The highest BCUT2D eigenvalue weighted by Gasteiger charge is 1.90. The molecular weight excluding hydrogens is 372 g/mol. The molecule has 0 bridgehead atoms. The van der Waals surface area contributed by atoms with Gasteiger partial charge < -0.3 is 30.6 Å². The van der Waals surface area contributed by atoms with Crippen molar-refractivity contribution in [3.8, 4) is 0 Å². The molecule has 0 fully saturated rings. The minimum absolute atomic E-state index is 0.176. The third-order valence-electron chi connectivity index (χ3n) is 1.28. The van der Waals surface area contributed by atoms with Crippen LogP contribution >= 0.6 is 0 Å². The molecule has 150 valence electrons. The maximum atomic E-state index is 9.60. The first-order valence-corrected chi connectivity index (χ1v) is 6.19. The molecule has 0 radical (unpaired) electrons. The minimum Gasteiger partial charge on any atom is -0.478 e. The normalized spacial score (nSPS) is 8.48. The number of hydrogen-bond acceptors (Lipinski definition) is 6. The zero-order chi connectivity index (χ0) is 22.6. The maximum absolute atomic E-state index is 9.60. The summed E-state index contributed by atoms with van der Waals surface area (Å²) < 4.78 is 0. The molecule has 0 aliphatic rings. The van der Waals surface area contributed by atoms with Crippen molar-refractivity contribution in [3.63, 3.8) is 0 Å². The predicted octanol–water partition coefficient (Wildman–Crippen LogP) is 0.328. The Hall–Kier alpha value is -4.22. The van der Waals surface area contributed by atoms with Crippen LogP contribution in [0, 0.1) is 0 Å². The van der Waals surface area contributed by atoms with Crippen LogP contribution in [0.1, 0.15) is 6.92 Å². The van der Waals surface area contributed by atoms with Gasteiger partial charge in [-0.25, -0.2) is 28.8 Å². The van der Waals surface area contributed by atoms with Crippen LogP contribution < -0.4 is 0 Å². The number of carboxylic acids is 6. The van der Waals surface area contributed by atoms with Crippen molar-refractivity contribution < 1.29 is 59.4 Å². The van der Waals surface area contributed by atoms with Crippen LogP contribution in [0.4, 0.5) is 0 Å². The van der Waals surface area contributed by atoms with Crippen molar-refractivity contribution in [2.45, 2.75) is 6.92 Å². The summed E-state index contributed by atoms with van der Waals surface area (Å²) in [4.78, 5) is 57.1. The number of carboxylic acid groups (broad SMARTS) is 6. The van der Waals surface area contributed by atoms with Crippen molar-refractivity contribution in [1.29, 1.82) is 0 Å². The van der Waals surface area contributed by atoms with E-state index in [-0.39, 0.29) is 5.57 Å². The molecular formula is C15H18O12. The van der Waals surface area contributed by atoms with Crippen molar-refractivity contribution in [3.05, 3.63) is 49.1 Å². The van der Waals surface area contributed by atoms with Gasteiger partial charge in [0, 0.05) is 36.0 Å². The van der Waals surface area contributed by atoms with Gasteiger partial charge in [0.25, 0.3) is 0 Å². The molecule has 12 nitrogen and oxygen atoms in total. The van der Waals surface area contributed by atoms with E-state index in [0.717, 1.165) is 6.08 Å². The van der Waals surface area contributed by atoms with E-state index in [4.69, 9.17) is 30.6 Å². The van der Waals surface area contributed by atoms with Crippen molar-refractivity contribution in [2.75, 3.05) is 0 Å². The zero-order valence-electron chi connectivity index (χ0n) is 13.9. The van der Waals surface area contributed by atoms with Gasteiger partial charge in [-0.05, 0) is 6.92 Å². The Morgan fingerprint density at radius 2 is 0.741 bits per heavy atom. The Kier molecular flexibility index (Phi) is 22.5.